The Morgan fingerprint density at radius 2 is 2.29 bits per heavy atom. The first-order valence-electron chi connectivity index (χ1n) is 5.62. The molecule has 1 aliphatic heterocycles. The third kappa shape index (κ3) is 2.46. The number of aromatic nitrogens is 2. The Hall–Kier alpha value is -1.85. The van der Waals surface area contributed by atoms with Gasteiger partial charge in [0.1, 0.15) is 6.04 Å². The van der Waals surface area contributed by atoms with Crippen molar-refractivity contribution < 1.29 is 9.59 Å². The molecular formula is C11H16N4O2. The standard InChI is InChI=1S/C11H16N4O2/c1-8-11(17)12-6-10(16)15(8)4-3-9-5-13-14(2)7-9/h5,7-8H,3-4,6H2,1-2H3,(H,12,17). The molecule has 0 saturated carbocycles. The van der Waals surface area contributed by atoms with Crippen LogP contribution in [0.4, 0.5) is 0 Å². The molecule has 17 heavy (non-hydrogen) atoms. The van der Waals surface area contributed by atoms with Crippen LogP contribution in [0.5, 0.6) is 0 Å². The normalized spacial score (nSPS) is 20.6. The summed E-state index contributed by atoms with van der Waals surface area (Å²) in [5.41, 5.74) is 1.07. The van der Waals surface area contributed by atoms with Crippen molar-refractivity contribution >= 4 is 11.8 Å². The zero-order valence-electron chi connectivity index (χ0n) is 10.0. The quantitative estimate of drug-likeness (QED) is 0.755. The lowest BCUT2D eigenvalue weighted by atomic mass is 10.1. The van der Waals surface area contributed by atoms with Gasteiger partial charge < -0.3 is 10.2 Å². The lowest BCUT2D eigenvalue weighted by Gasteiger charge is -2.32. The Labute approximate surface area is 99.6 Å². The first-order valence-corrected chi connectivity index (χ1v) is 5.62. The van der Waals surface area contributed by atoms with Crippen LogP contribution in [0.15, 0.2) is 12.4 Å². The fourth-order valence-electron chi connectivity index (χ4n) is 1.94. The average Bonchev–Trinajstić information content (AvgIpc) is 2.70. The predicted molar refractivity (Wildman–Crippen MR) is 61.1 cm³/mol. The van der Waals surface area contributed by atoms with Gasteiger partial charge in [0.2, 0.25) is 11.8 Å². The van der Waals surface area contributed by atoms with Gasteiger partial charge in [0.15, 0.2) is 0 Å². The van der Waals surface area contributed by atoms with Gasteiger partial charge in [0.05, 0.1) is 12.7 Å². The fraction of sp³-hybridized carbons (Fsp3) is 0.545. The summed E-state index contributed by atoms with van der Waals surface area (Å²) < 4.78 is 1.73. The first-order chi connectivity index (χ1) is 8.08. The van der Waals surface area contributed by atoms with E-state index in [0.29, 0.717) is 6.54 Å². The van der Waals surface area contributed by atoms with Gasteiger partial charge in [0.25, 0.3) is 0 Å². The molecular weight excluding hydrogens is 220 g/mol. The van der Waals surface area contributed by atoms with Gasteiger partial charge in [-0.1, -0.05) is 0 Å². The molecule has 92 valence electrons. The van der Waals surface area contributed by atoms with Crippen molar-refractivity contribution in [1.29, 1.82) is 0 Å². The number of hydrogen-bond acceptors (Lipinski definition) is 3. The molecule has 0 aromatic carbocycles. The van der Waals surface area contributed by atoms with E-state index in [1.807, 2.05) is 13.2 Å². The van der Waals surface area contributed by atoms with E-state index in [4.69, 9.17) is 0 Å². The number of carbonyl (C=O) groups is 2. The van der Waals surface area contributed by atoms with E-state index in [0.717, 1.165) is 12.0 Å². The Morgan fingerprint density at radius 1 is 1.53 bits per heavy atom. The lowest BCUT2D eigenvalue weighted by molar-refractivity contribution is -0.144. The minimum Gasteiger partial charge on any atom is -0.345 e. The number of nitrogens with one attached hydrogen (secondary N) is 1. The molecule has 1 saturated heterocycles. The zero-order chi connectivity index (χ0) is 12.4. The van der Waals surface area contributed by atoms with E-state index in [2.05, 4.69) is 10.4 Å². The second kappa shape index (κ2) is 4.57. The van der Waals surface area contributed by atoms with Gasteiger partial charge in [-0.15, -0.1) is 0 Å². The van der Waals surface area contributed by atoms with Crippen molar-refractivity contribution in [3.8, 4) is 0 Å². The lowest BCUT2D eigenvalue weighted by Crippen LogP contribution is -2.57. The maximum Gasteiger partial charge on any atom is 0.242 e. The highest BCUT2D eigenvalue weighted by atomic mass is 16.2. The Morgan fingerprint density at radius 3 is 2.94 bits per heavy atom. The summed E-state index contributed by atoms with van der Waals surface area (Å²) in [4.78, 5) is 24.7. The molecule has 2 amide bonds. The Bertz CT molecular complexity index is 440. The minimum atomic E-state index is -0.382. The zero-order valence-corrected chi connectivity index (χ0v) is 10.0. The molecule has 2 rings (SSSR count). The van der Waals surface area contributed by atoms with E-state index in [1.165, 1.54) is 0 Å². The van der Waals surface area contributed by atoms with Gasteiger partial charge >= 0.3 is 0 Å². The second-order valence-electron chi connectivity index (χ2n) is 4.25. The van der Waals surface area contributed by atoms with Crippen LogP contribution in [0, 0.1) is 0 Å². The molecule has 0 radical (unpaired) electrons. The Balaban J connectivity index is 1.97. The number of piperazine rings is 1. The van der Waals surface area contributed by atoms with E-state index in [1.54, 1.807) is 22.7 Å². The van der Waals surface area contributed by atoms with Crippen LogP contribution in [-0.4, -0.2) is 45.6 Å². The van der Waals surface area contributed by atoms with Crippen LogP contribution >= 0.6 is 0 Å². The van der Waals surface area contributed by atoms with Crippen LogP contribution in [-0.2, 0) is 23.1 Å². The molecule has 6 nitrogen and oxygen atoms in total. The van der Waals surface area contributed by atoms with E-state index >= 15 is 0 Å². The number of aryl methyl sites for hydroxylation is 1. The summed E-state index contributed by atoms with van der Waals surface area (Å²) in [6.07, 6.45) is 4.41. The highest BCUT2D eigenvalue weighted by Crippen LogP contribution is 2.07. The molecule has 1 aliphatic rings. The van der Waals surface area contributed by atoms with Crippen molar-refractivity contribution in [1.82, 2.24) is 20.0 Å². The molecule has 1 fully saturated rings. The van der Waals surface area contributed by atoms with Crippen LogP contribution < -0.4 is 5.32 Å². The van der Waals surface area contributed by atoms with Crippen LogP contribution in [0.3, 0.4) is 0 Å². The smallest absolute Gasteiger partial charge is 0.242 e. The third-order valence-electron chi connectivity index (χ3n) is 2.98. The fourth-order valence-corrected chi connectivity index (χ4v) is 1.94. The predicted octanol–water partition coefficient (Wildman–Crippen LogP) is -0.690. The van der Waals surface area contributed by atoms with Gasteiger partial charge in [-0.2, -0.15) is 5.10 Å². The molecule has 1 aromatic rings. The van der Waals surface area contributed by atoms with E-state index < -0.39 is 0 Å². The highest BCUT2D eigenvalue weighted by Gasteiger charge is 2.30. The topological polar surface area (TPSA) is 67.2 Å². The molecule has 1 N–H and O–H groups in total. The SMILES string of the molecule is CC1C(=O)NCC(=O)N1CCc1cnn(C)c1. The maximum absolute atomic E-state index is 11.7. The summed E-state index contributed by atoms with van der Waals surface area (Å²) in [7, 11) is 1.85. The molecule has 6 heteroatoms. The molecule has 0 aliphatic carbocycles. The molecule has 0 bridgehead atoms. The number of amides is 2. The molecule has 2 heterocycles. The summed E-state index contributed by atoms with van der Waals surface area (Å²) in [6.45, 7) is 2.41. The van der Waals surface area contributed by atoms with Crippen molar-refractivity contribution in [3.63, 3.8) is 0 Å². The first kappa shape index (κ1) is 11.6. The minimum absolute atomic E-state index is 0.0269. The number of hydrogen-bond donors (Lipinski definition) is 1. The molecule has 1 unspecified atom stereocenters. The summed E-state index contributed by atoms with van der Waals surface area (Å²) in [6, 6.07) is -0.382. The van der Waals surface area contributed by atoms with E-state index in [-0.39, 0.29) is 24.4 Å². The van der Waals surface area contributed by atoms with Crippen LogP contribution in [0.1, 0.15) is 12.5 Å². The van der Waals surface area contributed by atoms with Crippen molar-refractivity contribution in [2.45, 2.75) is 19.4 Å². The third-order valence-corrected chi connectivity index (χ3v) is 2.98. The van der Waals surface area contributed by atoms with Crippen molar-refractivity contribution in [3.05, 3.63) is 18.0 Å². The second-order valence-corrected chi connectivity index (χ2v) is 4.25. The van der Waals surface area contributed by atoms with Crippen LogP contribution in [0.25, 0.3) is 0 Å². The van der Waals surface area contributed by atoms with Gasteiger partial charge in [-0.3, -0.25) is 14.3 Å². The summed E-state index contributed by atoms with van der Waals surface area (Å²) in [5, 5.41) is 6.63. The van der Waals surface area contributed by atoms with Gasteiger partial charge in [-0.25, -0.2) is 0 Å². The summed E-state index contributed by atoms with van der Waals surface area (Å²) >= 11 is 0. The monoisotopic (exact) mass is 236 g/mol. The Kier molecular flexibility index (Phi) is 3.12. The van der Waals surface area contributed by atoms with Crippen molar-refractivity contribution in [2.24, 2.45) is 7.05 Å². The summed E-state index contributed by atoms with van der Waals surface area (Å²) in [5.74, 6) is -0.114. The van der Waals surface area contributed by atoms with Crippen molar-refractivity contribution in [2.75, 3.05) is 13.1 Å². The van der Waals surface area contributed by atoms with Gasteiger partial charge in [0, 0.05) is 19.8 Å². The molecule has 0 spiro atoms. The largest absolute Gasteiger partial charge is 0.345 e. The number of rotatable bonds is 3. The van der Waals surface area contributed by atoms with Gasteiger partial charge in [-0.05, 0) is 18.9 Å². The molecule has 1 aromatic heterocycles. The van der Waals surface area contributed by atoms with Crippen LogP contribution in [0.2, 0.25) is 0 Å². The average molecular weight is 236 g/mol. The van der Waals surface area contributed by atoms with E-state index in [9.17, 15) is 9.59 Å². The maximum atomic E-state index is 11.7. The molecule has 1 atom stereocenters. The number of nitrogens with zero attached hydrogens (tertiary/aromatic N) is 3. The number of carbonyl (C=O) groups excluding carboxylic acids is 2. The highest BCUT2D eigenvalue weighted by molar-refractivity contribution is 5.94.